The van der Waals surface area contributed by atoms with Gasteiger partial charge < -0.3 is 0 Å². The first-order valence-electron chi connectivity index (χ1n) is 5.43. The van der Waals surface area contributed by atoms with Crippen LogP contribution in [-0.4, -0.2) is 20.8 Å². The van der Waals surface area contributed by atoms with Gasteiger partial charge in [0, 0.05) is 5.92 Å². The van der Waals surface area contributed by atoms with Crippen molar-refractivity contribution in [2.75, 3.05) is 6.26 Å². The van der Waals surface area contributed by atoms with Crippen molar-refractivity contribution in [3.8, 4) is 0 Å². The molecular formula is C12H16O3S. The van der Waals surface area contributed by atoms with E-state index in [1.165, 1.54) is 11.1 Å². The van der Waals surface area contributed by atoms with Gasteiger partial charge in [-0.3, -0.25) is 4.18 Å². The Morgan fingerprint density at radius 3 is 2.69 bits per heavy atom. The molecule has 0 N–H and O–H groups in total. The fraction of sp³-hybridized carbons (Fsp3) is 0.500. The van der Waals surface area contributed by atoms with Crippen LogP contribution in [0.25, 0.3) is 0 Å². The summed E-state index contributed by atoms with van der Waals surface area (Å²) in [5.41, 5.74) is 2.52. The molecule has 2 atom stereocenters. The minimum atomic E-state index is -3.36. The van der Waals surface area contributed by atoms with Crippen molar-refractivity contribution >= 4 is 10.1 Å². The molecule has 2 rings (SSSR count). The predicted molar refractivity (Wildman–Crippen MR) is 62.9 cm³/mol. The first-order valence-corrected chi connectivity index (χ1v) is 7.25. The average Bonchev–Trinajstić information content (AvgIpc) is 2.21. The molecule has 4 heteroatoms. The maximum absolute atomic E-state index is 11.1. The number of hydrogen-bond donors (Lipinski definition) is 0. The summed E-state index contributed by atoms with van der Waals surface area (Å²) in [7, 11) is -3.36. The molecule has 0 bridgehead atoms. The van der Waals surface area contributed by atoms with Crippen LogP contribution in [0.15, 0.2) is 24.3 Å². The highest BCUT2D eigenvalue weighted by atomic mass is 32.2. The van der Waals surface area contributed by atoms with Gasteiger partial charge in [-0.2, -0.15) is 8.42 Å². The summed E-state index contributed by atoms with van der Waals surface area (Å²) in [6.07, 6.45) is 2.55. The quantitative estimate of drug-likeness (QED) is 0.743. The van der Waals surface area contributed by atoms with Gasteiger partial charge in [0.25, 0.3) is 10.1 Å². The highest BCUT2D eigenvalue weighted by molar-refractivity contribution is 7.86. The lowest BCUT2D eigenvalue weighted by molar-refractivity contribution is 0.167. The summed E-state index contributed by atoms with van der Waals surface area (Å²) in [5, 5.41) is 0. The van der Waals surface area contributed by atoms with E-state index < -0.39 is 10.1 Å². The summed E-state index contributed by atoms with van der Waals surface area (Å²) in [6.45, 7) is 2.02. The molecule has 0 aliphatic heterocycles. The minimum Gasteiger partial charge on any atom is -0.266 e. The molecule has 16 heavy (non-hydrogen) atoms. The first kappa shape index (κ1) is 11.6. The van der Waals surface area contributed by atoms with Gasteiger partial charge in [0.15, 0.2) is 0 Å². The van der Waals surface area contributed by atoms with E-state index in [1.54, 1.807) is 0 Å². The Balaban J connectivity index is 2.24. The summed E-state index contributed by atoms with van der Waals surface area (Å²) < 4.78 is 27.4. The van der Waals surface area contributed by atoms with E-state index in [1.807, 2.05) is 19.1 Å². The van der Waals surface area contributed by atoms with Crippen molar-refractivity contribution in [2.45, 2.75) is 31.8 Å². The predicted octanol–water partition coefficient (Wildman–Crippen LogP) is 2.08. The van der Waals surface area contributed by atoms with Gasteiger partial charge in [-0.15, -0.1) is 0 Å². The van der Waals surface area contributed by atoms with Crippen LogP contribution in [0, 0.1) is 0 Å². The van der Waals surface area contributed by atoms with E-state index in [-0.39, 0.29) is 12.0 Å². The van der Waals surface area contributed by atoms with Gasteiger partial charge in [0.2, 0.25) is 0 Å². The second-order valence-electron chi connectivity index (χ2n) is 4.36. The van der Waals surface area contributed by atoms with Crippen LogP contribution < -0.4 is 0 Å². The summed E-state index contributed by atoms with van der Waals surface area (Å²) in [6, 6.07) is 8.15. The summed E-state index contributed by atoms with van der Waals surface area (Å²) in [5.74, 6) is 0.139. The van der Waals surface area contributed by atoms with E-state index in [9.17, 15) is 8.42 Å². The molecule has 0 saturated carbocycles. The van der Waals surface area contributed by atoms with E-state index >= 15 is 0 Å². The molecule has 0 amide bonds. The number of rotatable bonds is 2. The summed E-state index contributed by atoms with van der Waals surface area (Å²) >= 11 is 0. The van der Waals surface area contributed by atoms with Gasteiger partial charge in [-0.1, -0.05) is 31.2 Å². The van der Waals surface area contributed by atoms with Crippen LogP contribution in [0.3, 0.4) is 0 Å². The van der Waals surface area contributed by atoms with Crippen LogP contribution in [0.1, 0.15) is 30.4 Å². The Kier molecular flexibility index (Phi) is 3.04. The number of aryl methyl sites for hydroxylation is 1. The van der Waals surface area contributed by atoms with Crippen molar-refractivity contribution in [1.29, 1.82) is 0 Å². The van der Waals surface area contributed by atoms with Crippen LogP contribution >= 0.6 is 0 Å². The second-order valence-corrected chi connectivity index (χ2v) is 5.97. The van der Waals surface area contributed by atoms with Gasteiger partial charge in [-0.05, 0) is 24.0 Å². The Bertz CT molecular complexity index is 479. The topological polar surface area (TPSA) is 43.4 Å². The van der Waals surface area contributed by atoms with E-state index in [0.29, 0.717) is 0 Å². The Labute approximate surface area is 96.6 Å². The highest BCUT2D eigenvalue weighted by Gasteiger charge is 2.29. The Morgan fingerprint density at radius 2 is 2.00 bits per heavy atom. The molecule has 2 unspecified atom stereocenters. The molecule has 88 valence electrons. The van der Waals surface area contributed by atoms with Gasteiger partial charge >= 0.3 is 0 Å². The standard InChI is InChI=1S/C12H16O3S/c1-9-11-6-4-3-5-10(11)7-8-12(9)15-16(2,13)14/h3-6,9,12H,7-8H2,1-2H3. The summed E-state index contributed by atoms with van der Waals surface area (Å²) in [4.78, 5) is 0. The van der Waals surface area contributed by atoms with E-state index in [4.69, 9.17) is 4.18 Å². The molecule has 0 heterocycles. The number of hydrogen-bond acceptors (Lipinski definition) is 3. The zero-order valence-corrected chi connectivity index (χ0v) is 10.3. The normalized spacial score (nSPS) is 25.1. The zero-order chi connectivity index (χ0) is 11.8. The molecule has 3 nitrogen and oxygen atoms in total. The van der Waals surface area contributed by atoms with Crippen molar-refractivity contribution in [3.05, 3.63) is 35.4 Å². The van der Waals surface area contributed by atoms with Crippen molar-refractivity contribution in [1.82, 2.24) is 0 Å². The lowest BCUT2D eigenvalue weighted by atomic mass is 9.82. The number of benzene rings is 1. The van der Waals surface area contributed by atoms with Crippen LogP contribution in [-0.2, 0) is 20.7 Å². The Hall–Kier alpha value is -0.870. The monoisotopic (exact) mass is 240 g/mol. The minimum absolute atomic E-state index is 0.139. The SMILES string of the molecule is CC1c2ccccc2CCC1OS(C)(=O)=O. The molecule has 1 aromatic carbocycles. The highest BCUT2D eigenvalue weighted by Crippen LogP contribution is 2.33. The molecular weight excluding hydrogens is 224 g/mol. The van der Waals surface area contributed by atoms with Crippen molar-refractivity contribution < 1.29 is 12.6 Å². The molecule has 0 spiro atoms. The van der Waals surface area contributed by atoms with Crippen molar-refractivity contribution in [2.24, 2.45) is 0 Å². The zero-order valence-electron chi connectivity index (χ0n) is 9.51. The van der Waals surface area contributed by atoms with Crippen LogP contribution in [0.4, 0.5) is 0 Å². The van der Waals surface area contributed by atoms with Crippen LogP contribution in [0.2, 0.25) is 0 Å². The van der Waals surface area contributed by atoms with Gasteiger partial charge in [-0.25, -0.2) is 0 Å². The lowest BCUT2D eigenvalue weighted by Gasteiger charge is -2.30. The third kappa shape index (κ3) is 2.44. The van der Waals surface area contributed by atoms with Gasteiger partial charge in [0.1, 0.15) is 0 Å². The molecule has 1 aromatic rings. The molecule has 0 fully saturated rings. The van der Waals surface area contributed by atoms with E-state index in [2.05, 4.69) is 12.1 Å². The Morgan fingerprint density at radius 1 is 1.31 bits per heavy atom. The third-order valence-corrected chi connectivity index (χ3v) is 3.70. The average molecular weight is 240 g/mol. The fourth-order valence-electron chi connectivity index (χ4n) is 2.31. The molecule has 0 aromatic heterocycles. The third-order valence-electron chi connectivity index (χ3n) is 3.10. The first-order chi connectivity index (χ1) is 7.47. The maximum atomic E-state index is 11.1. The van der Waals surface area contributed by atoms with Crippen LogP contribution in [0.5, 0.6) is 0 Å². The van der Waals surface area contributed by atoms with Gasteiger partial charge in [0.05, 0.1) is 12.4 Å². The fourth-order valence-corrected chi connectivity index (χ4v) is 3.02. The smallest absolute Gasteiger partial charge is 0.264 e. The van der Waals surface area contributed by atoms with Crippen molar-refractivity contribution in [3.63, 3.8) is 0 Å². The largest absolute Gasteiger partial charge is 0.266 e. The lowest BCUT2D eigenvalue weighted by Crippen LogP contribution is -2.28. The molecule has 0 saturated heterocycles. The molecule has 1 aliphatic rings. The molecule has 0 radical (unpaired) electrons. The van der Waals surface area contributed by atoms with E-state index in [0.717, 1.165) is 19.1 Å². The molecule has 1 aliphatic carbocycles. The second kappa shape index (κ2) is 4.18. The maximum Gasteiger partial charge on any atom is 0.264 e. The number of fused-ring (bicyclic) bond motifs is 1.